The van der Waals surface area contributed by atoms with Crippen LogP contribution in [0.1, 0.15) is 12.0 Å². The van der Waals surface area contributed by atoms with Crippen LogP contribution in [0.2, 0.25) is 0 Å². The monoisotopic (exact) mass is 250 g/mol. The van der Waals surface area contributed by atoms with Crippen molar-refractivity contribution in [1.82, 2.24) is 9.97 Å². The van der Waals surface area contributed by atoms with Crippen molar-refractivity contribution in [3.8, 4) is 0 Å². The van der Waals surface area contributed by atoms with Gasteiger partial charge in [-0.25, -0.2) is 4.98 Å². The Morgan fingerprint density at radius 2 is 2.35 bits per heavy atom. The van der Waals surface area contributed by atoms with Gasteiger partial charge in [0.2, 0.25) is 0 Å². The SMILES string of the molecule is COC(=O)CCSc1nc2ccc(C)cc2[nH]1. The number of aryl methyl sites for hydroxylation is 1. The van der Waals surface area contributed by atoms with E-state index in [-0.39, 0.29) is 5.97 Å². The molecule has 1 N–H and O–H groups in total. The molecule has 1 aromatic heterocycles. The van der Waals surface area contributed by atoms with Crippen LogP contribution in [0.15, 0.2) is 23.4 Å². The van der Waals surface area contributed by atoms with Crippen molar-refractivity contribution in [2.45, 2.75) is 18.5 Å². The van der Waals surface area contributed by atoms with E-state index in [0.29, 0.717) is 12.2 Å². The van der Waals surface area contributed by atoms with E-state index in [4.69, 9.17) is 0 Å². The Hall–Kier alpha value is -1.49. The molecule has 0 bridgehead atoms. The van der Waals surface area contributed by atoms with E-state index in [9.17, 15) is 4.79 Å². The van der Waals surface area contributed by atoms with Crippen LogP contribution in [0.5, 0.6) is 0 Å². The molecule has 1 heterocycles. The Bertz CT molecular complexity index is 536. The predicted octanol–water partition coefficient (Wildman–Crippen LogP) is 2.53. The topological polar surface area (TPSA) is 55.0 Å². The van der Waals surface area contributed by atoms with Crippen molar-refractivity contribution in [3.05, 3.63) is 23.8 Å². The van der Waals surface area contributed by atoms with E-state index in [1.807, 2.05) is 19.1 Å². The minimum Gasteiger partial charge on any atom is -0.469 e. The van der Waals surface area contributed by atoms with Crippen LogP contribution >= 0.6 is 11.8 Å². The number of rotatable bonds is 4. The lowest BCUT2D eigenvalue weighted by Gasteiger charge is -1.96. The number of nitrogens with zero attached hydrogens (tertiary/aromatic N) is 1. The number of hydrogen-bond donors (Lipinski definition) is 1. The molecule has 0 fully saturated rings. The van der Waals surface area contributed by atoms with Crippen LogP contribution in [0, 0.1) is 6.92 Å². The third kappa shape index (κ3) is 3.00. The number of fused-ring (bicyclic) bond motifs is 1. The van der Waals surface area contributed by atoms with E-state index in [2.05, 4.69) is 20.8 Å². The summed E-state index contributed by atoms with van der Waals surface area (Å²) in [6.07, 6.45) is 0.400. The predicted molar refractivity (Wildman–Crippen MR) is 68.2 cm³/mol. The maximum Gasteiger partial charge on any atom is 0.306 e. The lowest BCUT2D eigenvalue weighted by atomic mass is 10.2. The number of methoxy groups -OCH3 is 1. The molecule has 0 radical (unpaired) electrons. The summed E-state index contributed by atoms with van der Waals surface area (Å²) in [5.74, 6) is 0.482. The Balaban J connectivity index is 2.02. The number of esters is 1. The number of H-pyrrole nitrogens is 1. The number of thioether (sulfide) groups is 1. The Kier molecular flexibility index (Phi) is 3.68. The fraction of sp³-hybridized carbons (Fsp3) is 0.333. The van der Waals surface area contributed by atoms with Gasteiger partial charge < -0.3 is 9.72 Å². The van der Waals surface area contributed by atoms with Gasteiger partial charge in [-0.1, -0.05) is 17.8 Å². The lowest BCUT2D eigenvalue weighted by molar-refractivity contribution is -0.140. The molecule has 0 aliphatic carbocycles. The van der Waals surface area contributed by atoms with E-state index >= 15 is 0 Å². The van der Waals surface area contributed by atoms with Gasteiger partial charge in [0, 0.05) is 5.75 Å². The second kappa shape index (κ2) is 5.23. The molecule has 1 aromatic carbocycles. The number of imidazole rings is 1. The second-order valence-electron chi connectivity index (χ2n) is 3.74. The average Bonchev–Trinajstić information content (AvgIpc) is 2.70. The summed E-state index contributed by atoms with van der Waals surface area (Å²) < 4.78 is 4.58. The number of ether oxygens (including phenoxy) is 1. The summed E-state index contributed by atoms with van der Waals surface area (Å²) in [6, 6.07) is 6.09. The van der Waals surface area contributed by atoms with E-state index < -0.39 is 0 Å². The number of carbonyl (C=O) groups is 1. The first-order valence-electron chi connectivity index (χ1n) is 5.35. The zero-order valence-corrected chi connectivity index (χ0v) is 10.6. The van der Waals surface area contributed by atoms with Crippen molar-refractivity contribution in [2.75, 3.05) is 12.9 Å². The molecule has 4 nitrogen and oxygen atoms in total. The Morgan fingerprint density at radius 1 is 1.53 bits per heavy atom. The van der Waals surface area contributed by atoms with Crippen molar-refractivity contribution >= 4 is 28.8 Å². The third-order valence-corrected chi connectivity index (χ3v) is 3.26. The van der Waals surface area contributed by atoms with Crippen LogP contribution in [0.25, 0.3) is 11.0 Å². The summed E-state index contributed by atoms with van der Waals surface area (Å²) >= 11 is 1.53. The highest BCUT2D eigenvalue weighted by atomic mass is 32.2. The number of aromatic amines is 1. The fourth-order valence-corrected chi connectivity index (χ4v) is 2.31. The molecule has 90 valence electrons. The van der Waals surface area contributed by atoms with Crippen molar-refractivity contribution in [3.63, 3.8) is 0 Å². The summed E-state index contributed by atoms with van der Waals surface area (Å²) in [4.78, 5) is 18.6. The van der Waals surface area contributed by atoms with Gasteiger partial charge in [-0.05, 0) is 24.6 Å². The second-order valence-corrected chi connectivity index (χ2v) is 4.82. The minimum absolute atomic E-state index is 0.190. The first-order chi connectivity index (χ1) is 8.19. The normalized spacial score (nSPS) is 10.7. The molecule has 0 atom stereocenters. The quantitative estimate of drug-likeness (QED) is 0.669. The van der Waals surface area contributed by atoms with Crippen LogP contribution in [-0.2, 0) is 9.53 Å². The highest BCUT2D eigenvalue weighted by Crippen LogP contribution is 2.20. The van der Waals surface area contributed by atoms with Crippen LogP contribution in [0.3, 0.4) is 0 Å². The van der Waals surface area contributed by atoms with E-state index in [1.54, 1.807) is 0 Å². The molecular weight excluding hydrogens is 236 g/mol. The number of benzene rings is 1. The molecule has 0 saturated carbocycles. The molecule has 0 aliphatic heterocycles. The van der Waals surface area contributed by atoms with Gasteiger partial charge >= 0.3 is 5.97 Å². The summed E-state index contributed by atoms with van der Waals surface area (Å²) in [7, 11) is 1.40. The largest absolute Gasteiger partial charge is 0.469 e. The molecule has 2 aromatic rings. The molecule has 5 heteroatoms. The van der Waals surface area contributed by atoms with E-state index in [1.165, 1.54) is 24.4 Å². The molecule has 0 aliphatic rings. The van der Waals surface area contributed by atoms with E-state index in [0.717, 1.165) is 16.2 Å². The minimum atomic E-state index is -0.190. The third-order valence-electron chi connectivity index (χ3n) is 2.39. The number of aromatic nitrogens is 2. The number of hydrogen-bond acceptors (Lipinski definition) is 4. The highest BCUT2D eigenvalue weighted by Gasteiger charge is 2.05. The van der Waals surface area contributed by atoms with Crippen LogP contribution in [-0.4, -0.2) is 28.8 Å². The maximum absolute atomic E-state index is 11.0. The summed E-state index contributed by atoms with van der Waals surface area (Å²) in [5, 5.41) is 0.842. The van der Waals surface area contributed by atoms with Gasteiger partial charge in [0.1, 0.15) is 0 Å². The van der Waals surface area contributed by atoms with Crippen molar-refractivity contribution in [1.29, 1.82) is 0 Å². The molecule has 0 unspecified atom stereocenters. The standard InChI is InChI=1S/C12H14N2O2S/c1-8-3-4-9-10(7-8)14-12(13-9)17-6-5-11(15)16-2/h3-4,7H,5-6H2,1-2H3,(H,13,14). The van der Waals surface area contributed by atoms with Gasteiger partial charge in [0.05, 0.1) is 24.6 Å². The van der Waals surface area contributed by atoms with Gasteiger partial charge in [0.25, 0.3) is 0 Å². The van der Waals surface area contributed by atoms with Gasteiger partial charge in [-0.3, -0.25) is 4.79 Å². The van der Waals surface area contributed by atoms with Gasteiger partial charge in [-0.2, -0.15) is 0 Å². The van der Waals surface area contributed by atoms with Crippen molar-refractivity contribution in [2.24, 2.45) is 0 Å². The fourth-order valence-electron chi connectivity index (χ4n) is 1.50. The Labute approximate surface area is 104 Å². The van der Waals surface area contributed by atoms with Crippen LogP contribution < -0.4 is 0 Å². The number of carbonyl (C=O) groups excluding carboxylic acids is 1. The summed E-state index contributed by atoms with van der Waals surface area (Å²) in [6.45, 7) is 2.05. The average molecular weight is 250 g/mol. The molecule has 0 amide bonds. The zero-order valence-electron chi connectivity index (χ0n) is 9.82. The Morgan fingerprint density at radius 3 is 3.12 bits per heavy atom. The summed E-state index contributed by atoms with van der Waals surface area (Å²) in [5.41, 5.74) is 3.19. The van der Waals surface area contributed by atoms with Gasteiger partial charge in [0.15, 0.2) is 5.16 Å². The molecule has 0 saturated heterocycles. The molecular formula is C12H14N2O2S. The first kappa shape index (κ1) is 12.0. The number of nitrogens with one attached hydrogen (secondary N) is 1. The van der Waals surface area contributed by atoms with Gasteiger partial charge in [-0.15, -0.1) is 0 Å². The smallest absolute Gasteiger partial charge is 0.306 e. The molecule has 17 heavy (non-hydrogen) atoms. The van der Waals surface area contributed by atoms with Crippen LogP contribution in [0.4, 0.5) is 0 Å². The zero-order chi connectivity index (χ0) is 12.3. The van der Waals surface area contributed by atoms with Crippen molar-refractivity contribution < 1.29 is 9.53 Å². The maximum atomic E-state index is 11.0. The highest BCUT2D eigenvalue weighted by molar-refractivity contribution is 7.99. The molecule has 2 rings (SSSR count). The first-order valence-corrected chi connectivity index (χ1v) is 6.33. The molecule has 0 spiro atoms. The lowest BCUT2D eigenvalue weighted by Crippen LogP contribution is -2.01.